The molecule has 0 saturated carbocycles. The summed E-state index contributed by atoms with van der Waals surface area (Å²) in [4.78, 5) is 8.49. The molecule has 1 heterocycles. The van der Waals surface area contributed by atoms with E-state index in [4.69, 9.17) is 22.7 Å². The number of aliphatic imine (C=N–C) groups is 1. The molecule has 0 spiro atoms. The van der Waals surface area contributed by atoms with Crippen LogP contribution in [0.3, 0.4) is 0 Å². The van der Waals surface area contributed by atoms with Crippen LogP contribution in [0.25, 0.3) is 11.1 Å². The molecule has 0 saturated heterocycles. The zero-order chi connectivity index (χ0) is 18.5. The SMILES string of the molecule is CCS/C(N)=N\C(=S)Nc1c(-c2ccnc(OC)c2)ccc2c1CCC2. The lowest BCUT2D eigenvalue weighted by molar-refractivity contribution is 0.398. The number of benzene rings is 1. The fraction of sp³-hybridized carbons (Fsp3) is 0.316. The van der Waals surface area contributed by atoms with Crippen molar-refractivity contribution in [1.29, 1.82) is 0 Å². The summed E-state index contributed by atoms with van der Waals surface area (Å²) in [5.41, 5.74) is 11.7. The van der Waals surface area contributed by atoms with Crippen molar-refractivity contribution in [2.24, 2.45) is 10.7 Å². The summed E-state index contributed by atoms with van der Waals surface area (Å²) < 4.78 is 5.27. The smallest absolute Gasteiger partial charge is 0.213 e. The van der Waals surface area contributed by atoms with Crippen molar-refractivity contribution in [2.45, 2.75) is 26.2 Å². The molecule has 1 aromatic carbocycles. The van der Waals surface area contributed by atoms with Crippen molar-refractivity contribution in [2.75, 3.05) is 18.2 Å². The van der Waals surface area contributed by atoms with Gasteiger partial charge in [-0.1, -0.05) is 30.8 Å². The Balaban J connectivity index is 2.01. The molecular weight excluding hydrogens is 364 g/mol. The van der Waals surface area contributed by atoms with Crippen molar-refractivity contribution in [3.05, 3.63) is 41.6 Å². The molecule has 3 N–H and O–H groups in total. The highest BCUT2D eigenvalue weighted by atomic mass is 32.2. The number of pyridine rings is 1. The number of nitrogens with two attached hydrogens (primary N) is 1. The first-order valence-corrected chi connectivity index (χ1v) is 9.95. The van der Waals surface area contributed by atoms with Crippen LogP contribution in [0.2, 0.25) is 0 Å². The molecule has 0 fully saturated rings. The summed E-state index contributed by atoms with van der Waals surface area (Å²) in [5.74, 6) is 1.44. The van der Waals surface area contributed by atoms with Crippen molar-refractivity contribution in [3.63, 3.8) is 0 Å². The first kappa shape index (κ1) is 18.7. The second-order valence-electron chi connectivity index (χ2n) is 5.88. The van der Waals surface area contributed by atoms with Crippen LogP contribution in [-0.2, 0) is 12.8 Å². The Kier molecular flexibility index (Phi) is 6.11. The standard InChI is InChI=1S/C19H22N4OS2/c1-3-26-18(20)23-19(25)22-17-14-6-4-5-12(14)7-8-15(17)13-9-10-21-16(11-13)24-2/h7-11H,3-6H2,1-2H3,(H3,20,22,23,25). The van der Waals surface area contributed by atoms with Crippen LogP contribution >= 0.6 is 24.0 Å². The van der Waals surface area contributed by atoms with E-state index in [1.54, 1.807) is 13.3 Å². The van der Waals surface area contributed by atoms with Crippen molar-refractivity contribution in [3.8, 4) is 17.0 Å². The maximum Gasteiger partial charge on any atom is 0.213 e. The first-order valence-electron chi connectivity index (χ1n) is 8.55. The summed E-state index contributed by atoms with van der Waals surface area (Å²) in [6, 6.07) is 8.22. The third-order valence-electron chi connectivity index (χ3n) is 4.27. The number of hydrogen-bond acceptors (Lipinski definition) is 4. The van der Waals surface area contributed by atoms with Crippen molar-refractivity contribution >= 4 is 39.9 Å². The molecule has 1 aliphatic rings. The number of hydrogen-bond donors (Lipinski definition) is 2. The van der Waals surface area contributed by atoms with E-state index < -0.39 is 0 Å². The molecule has 26 heavy (non-hydrogen) atoms. The molecule has 3 rings (SSSR count). The quantitative estimate of drug-likeness (QED) is 0.470. The lowest BCUT2D eigenvalue weighted by Gasteiger charge is -2.16. The van der Waals surface area contributed by atoms with E-state index in [1.807, 2.05) is 19.1 Å². The van der Waals surface area contributed by atoms with Gasteiger partial charge in [0.1, 0.15) is 0 Å². The van der Waals surface area contributed by atoms with Gasteiger partial charge in [0.2, 0.25) is 5.88 Å². The average molecular weight is 387 g/mol. The zero-order valence-corrected chi connectivity index (χ0v) is 16.5. The Hall–Kier alpha value is -2.12. The van der Waals surface area contributed by atoms with Gasteiger partial charge in [-0.2, -0.15) is 4.99 Å². The number of nitrogens with zero attached hydrogens (tertiary/aromatic N) is 2. The number of aryl methyl sites for hydroxylation is 1. The topological polar surface area (TPSA) is 72.5 Å². The number of ether oxygens (including phenoxy) is 1. The molecule has 0 atom stereocenters. The Morgan fingerprint density at radius 1 is 1.38 bits per heavy atom. The van der Waals surface area contributed by atoms with Gasteiger partial charge >= 0.3 is 0 Å². The van der Waals surface area contributed by atoms with Crippen molar-refractivity contribution < 1.29 is 4.74 Å². The highest BCUT2D eigenvalue weighted by molar-refractivity contribution is 8.13. The van der Waals surface area contributed by atoms with Crippen LogP contribution in [0.4, 0.5) is 5.69 Å². The van der Waals surface area contributed by atoms with E-state index in [9.17, 15) is 0 Å². The molecular formula is C19H22N4OS2. The second kappa shape index (κ2) is 8.51. The summed E-state index contributed by atoms with van der Waals surface area (Å²) in [7, 11) is 1.62. The minimum absolute atomic E-state index is 0.381. The van der Waals surface area contributed by atoms with E-state index in [2.05, 4.69) is 27.4 Å². The molecule has 1 aliphatic carbocycles. The van der Waals surface area contributed by atoms with E-state index >= 15 is 0 Å². The molecule has 0 bridgehead atoms. The maximum atomic E-state index is 5.90. The van der Waals surface area contributed by atoms with Gasteiger partial charge in [-0.05, 0) is 60.0 Å². The van der Waals surface area contributed by atoms with Gasteiger partial charge in [-0.25, -0.2) is 4.98 Å². The summed E-state index contributed by atoms with van der Waals surface area (Å²) >= 11 is 6.90. The number of methoxy groups -OCH3 is 1. The van der Waals surface area contributed by atoms with Gasteiger partial charge in [0.15, 0.2) is 10.3 Å². The number of anilines is 1. The van der Waals surface area contributed by atoms with E-state index in [-0.39, 0.29) is 0 Å². The highest BCUT2D eigenvalue weighted by Crippen LogP contribution is 2.38. The molecule has 7 heteroatoms. The molecule has 136 valence electrons. The molecule has 0 radical (unpaired) electrons. The molecule has 0 unspecified atom stereocenters. The summed E-state index contributed by atoms with van der Waals surface area (Å²) in [6.45, 7) is 2.03. The second-order valence-corrected chi connectivity index (χ2v) is 7.55. The minimum atomic E-state index is 0.381. The molecule has 5 nitrogen and oxygen atoms in total. The average Bonchev–Trinajstić information content (AvgIpc) is 3.11. The lowest BCUT2D eigenvalue weighted by Crippen LogP contribution is -2.15. The highest BCUT2D eigenvalue weighted by Gasteiger charge is 2.20. The predicted octanol–water partition coefficient (Wildman–Crippen LogP) is 4.01. The third kappa shape index (κ3) is 4.16. The summed E-state index contributed by atoms with van der Waals surface area (Å²) in [5, 5.41) is 4.18. The fourth-order valence-corrected chi connectivity index (χ4v) is 3.86. The molecule has 0 aliphatic heterocycles. The van der Waals surface area contributed by atoms with E-state index in [0.717, 1.165) is 41.8 Å². The monoisotopic (exact) mass is 386 g/mol. The Morgan fingerprint density at radius 2 is 2.23 bits per heavy atom. The van der Waals surface area contributed by atoms with Gasteiger partial charge in [0.05, 0.1) is 12.8 Å². The van der Waals surface area contributed by atoms with Gasteiger partial charge in [0, 0.05) is 17.8 Å². The number of rotatable bonds is 4. The fourth-order valence-electron chi connectivity index (χ4n) is 3.15. The van der Waals surface area contributed by atoms with Crippen molar-refractivity contribution in [1.82, 2.24) is 4.98 Å². The van der Waals surface area contributed by atoms with Crippen LogP contribution in [0.15, 0.2) is 35.5 Å². The summed E-state index contributed by atoms with van der Waals surface area (Å²) in [6.07, 6.45) is 5.02. The number of fused-ring (bicyclic) bond motifs is 1. The first-order chi connectivity index (χ1) is 12.6. The van der Waals surface area contributed by atoms with Crippen LogP contribution in [-0.4, -0.2) is 28.1 Å². The van der Waals surface area contributed by atoms with Crippen LogP contribution < -0.4 is 15.8 Å². The zero-order valence-electron chi connectivity index (χ0n) is 14.9. The van der Waals surface area contributed by atoms with Gasteiger partial charge in [-0.3, -0.25) is 0 Å². The minimum Gasteiger partial charge on any atom is -0.481 e. The Morgan fingerprint density at radius 3 is 3.00 bits per heavy atom. The van der Waals surface area contributed by atoms with Gasteiger partial charge in [0.25, 0.3) is 0 Å². The Bertz CT molecular complexity index is 851. The van der Waals surface area contributed by atoms with E-state index in [0.29, 0.717) is 16.2 Å². The number of amidine groups is 1. The predicted molar refractivity (Wildman–Crippen MR) is 114 cm³/mol. The number of thiocarbonyl (C=S) groups is 1. The van der Waals surface area contributed by atoms with Crippen LogP contribution in [0.5, 0.6) is 5.88 Å². The molecule has 1 aromatic heterocycles. The molecule has 0 amide bonds. The number of nitrogens with one attached hydrogen (secondary N) is 1. The largest absolute Gasteiger partial charge is 0.481 e. The third-order valence-corrected chi connectivity index (χ3v) is 5.14. The van der Waals surface area contributed by atoms with Crippen LogP contribution in [0.1, 0.15) is 24.5 Å². The normalized spacial score (nSPS) is 13.4. The lowest BCUT2D eigenvalue weighted by atomic mass is 9.98. The van der Waals surface area contributed by atoms with Crippen LogP contribution in [0, 0.1) is 0 Å². The van der Waals surface area contributed by atoms with Gasteiger partial charge in [-0.15, -0.1) is 0 Å². The number of thioether (sulfide) groups is 1. The Labute approximate surface area is 163 Å². The molecule has 2 aromatic rings. The number of aromatic nitrogens is 1. The van der Waals surface area contributed by atoms with E-state index in [1.165, 1.54) is 22.9 Å². The maximum absolute atomic E-state index is 5.90. The van der Waals surface area contributed by atoms with Gasteiger partial charge < -0.3 is 15.8 Å².